The van der Waals surface area contributed by atoms with Crippen molar-refractivity contribution >= 4 is 36.1 Å². The van der Waals surface area contributed by atoms with E-state index in [1.165, 1.54) is 13.8 Å². The van der Waals surface area contributed by atoms with E-state index in [2.05, 4.69) is 6.07 Å². The van der Waals surface area contributed by atoms with Crippen molar-refractivity contribution in [3.8, 4) is 6.07 Å². The van der Waals surface area contributed by atoms with Gasteiger partial charge in [0.2, 0.25) is 0 Å². The third kappa shape index (κ3) is 6.72. The minimum Gasteiger partial charge on any atom is -0.463 e. The predicted octanol–water partition coefficient (Wildman–Crippen LogP) is 2.61. The van der Waals surface area contributed by atoms with Crippen LogP contribution in [0, 0.1) is 16.0 Å². The molecule has 5 unspecified atom stereocenters. The van der Waals surface area contributed by atoms with E-state index < -0.39 is 54.5 Å². The molecule has 1 aromatic heterocycles. The molecule has 1 fully saturated rings. The molecule has 0 spiro atoms. The van der Waals surface area contributed by atoms with Crippen LogP contribution in [0.3, 0.4) is 0 Å². The van der Waals surface area contributed by atoms with E-state index >= 15 is 0 Å². The number of nitrogens with zero attached hydrogens (tertiary/aromatic N) is 2. The van der Waals surface area contributed by atoms with Gasteiger partial charge in [0.05, 0.1) is 5.56 Å². The van der Waals surface area contributed by atoms with Crippen molar-refractivity contribution in [2.45, 2.75) is 90.4 Å². The standard InChI is InChI=1S/C25H30N2O9S/c1-13(28)32-12-20-21(33-14(2)29)22(34-15(3)30)23(35-16(4)31)24(36-20)27-19-9-7-5-6-8-17(19)10-18(11-26)25(27)37/h10,20-24H,5-9,12H2,1-4H3. The van der Waals surface area contributed by atoms with Gasteiger partial charge in [-0.2, -0.15) is 5.26 Å². The molecule has 12 heteroatoms. The van der Waals surface area contributed by atoms with Crippen molar-refractivity contribution in [1.29, 1.82) is 5.26 Å². The number of aryl methyl sites for hydroxylation is 1. The Morgan fingerprint density at radius 3 is 2.14 bits per heavy atom. The quantitative estimate of drug-likeness (QED) is 0.230. The van der Waals surface area contributed by atoms with E-state index in [1.54, 1.807) is 10.6 Å². The fourth-order valence-corrected chi connectivity index (χ4v) is 5.09. The third-order valence-electron chi connectivity index (χ3n) is 6.13. The number of carbonyl (C=O) groups excluding carboxylic acids is 4. The van der Waals surface area contributed by atoms with E-state index in [4.69, 9.17) is 35.9 Å². The number of esters is 4. The Labute approximate surface area is 219 Å². The third-order valence-corrected chi connectivity index (χ3v) is 6.55. The highest BCUT2D eigenvalue weighted by molar-refractivity contribution is 7.71. The van der Waals surface area contributed by atoms with Crippen LogP contribution in [0.25, 0.3) is 0 Å². The number of aromatic nitrogens is 1. The van der Waals surface area contributed by atoms with Crippen LogP contribution in [-0.4, -0.2) is 59.5 Å². The minimum atomic E-state index is -1.32. The van der Waals surface area contributed by atoms with Gasteiger partial charge in [0, 0.05) is 33.4 Å². The Morgan fingerprint density at radius 1 is 0.946 bits per heavy atom. The van der Waals surface area contributed by atoms with Gasteiger partial charge < -0.3 is 28.3 Å². The summed E-state index contributed by atoms with van der Waals surface area (Å²) in [5.74, 6) is -2.75. The summed E-state index contributed by atoms with van der Waals surface area (Å²) in [6.07, 6.45) is -2.08. The maximum Gasteiger partial charge on any atom is 0.303 e. The molecule has 3 rings (SSSR count). The number of fused-ring (bicyclic) bond motifs is 1. The summed E-state index contributed by atoms with van der Waals surface area (Å²) in [5.41, 5.74) is 1.96. The van der Waals surface area contributed by atoms with Gasteiger partial charge in [-0.25, -0.2) is 0 Å². The number of pyridine rings is 1. The summed E-state index contributed by atoms with van der Waals surface area (Å²) < 4.78 is 29.9. The van der Waals surface area contributed by atoms with Gasteiger partial charge in [0.25, 0.3) is 0 Å². The monoisotopic (exact) mass is 534 g/mol. The summed E-state index contributed by atoms with van der Waals surface area (Å²) in [5, 5.41) is 9.79. The first kappa shape index (κ1) is 28.3. The molecule has 37 heavy (non-hydrogen) atoms. The molecule has 1 aliphatic heterocycles. The topological polar surface area (TPSA) is 143 Å². The lowest BCUT2D eigenvalue weighted by atomic mass is 9.96. The number of rotatable bonds is 6. The van der Waals surface area contributed by atoms with Gasteiger partial charge in [-0.3, -0.25) is 19.2 Å². The minimum absolute atomic E-state index is 0.157. The first-order valence-electron chi connectivity index (χ1n) is 12.0. The first-order chi connectivity index (χ1) is 17.5. The normalized spacial score (nSPS) is 25.0. The van der Waals surface area contributed by atoms with E-state index in [0.717, 1.165) is 44.4 Å². The molecule has 0 bridgehead atoms. The average Bonchev–Trinajstić information content (AvgIpc) is 3.05. The lowest BCUT2D eigenvalue weighted by Gasteiger charge is -2.45. The zero-order valence-corrected chi connectivity index (χ0v) is 22.0. The molecule has 200 valence electrons. The van der Waals surface area contributed by atoms with E-state index in [9.17, 15) is 24.4 Å². The van der Waals surface area contributed by atoms with Crippen LogP contribution >= 0.6 is 12.2 Å². The molecule has 1 aromatic rings. The smallest absolute Gasteiger partial charge is 0.303 e. The number of nitriles is 1. The molecule has 0 radical (unpaired) electrons. The zero-order valence-electron chi connectivity index (χ0n) is 21.2. The molecule has 2 heterocycles. The number of carbonyl (C=O) groups is 4. The molecular formula is C25H30N2O9S. The van der Waals surface area contributed by atoms with Crippen molar-refractivity contribution in [2.24, 2.45) is 0 Å². The lowest BCUT2D eigenvalue weighted by molar-refractivity contribution is -0.269. The van der Waals surface area contributed by atoms with Crippen molar-refractivity contribution in [3.05, 3.63) is 27.5 Å². The molecule has 0 amide bonds. The van der Waals surface area contributed by atoms with Crippen LogP contribution in [0.15, 0.2) is 6.07 Å². The number of hydrogen-bond acceptors (Lipinski definition) is 11. The highest BCUT2D eigenvalue weighted by Crippen LogP contribution is 2.37. The summed E-state index contributed by atoms with van der Waals surface area (Å²) in [6, 6.07) is 3.89. The predicted molar refractivity (Wildman–Crippen MR) is 128 cm³/mol. The van der Waals surface area contributed by atoms with Gasteiger partial charge in [-0.15, -0.1) is 0 Å². The second-order valence-corrected chi connectivity index (χ2v) is 9.35. The van der Waals surface area contributed by atoms with Crippen molar-refractivity contribution < 1.29 is 42.9 Å². The van der Waals surface area contributed by atoms with Crippen LogP contribution in [0.2, 0.25) is 0 Å². The van der Waals surface area contributed by atoms with Crippen LogP contribution < -0.4 is 0 Å². The molecular weight excluding hydrogens is 504 g/mol. The zero-order chi connectivity index (χ0) is 27.3. The number of hydrogen-bond donors (Lipinski definition) is 0. The van der Waals surface area contributed by atoms with E-state index in [0.29, 0.717) is 12.8 Å². The maximum absolute atomic E-state index is 12.2. The van der Waals surface area contributed by atoms with Gasteiger partial charge in [0.15, 0.2) is 24.5 Å². The molecule has 2 aliphatic rings. The summed E-state index contributed by atoms with van der Waals surface area (Å²) in [6.45, 7) is 4.36. The van der Waals surface area contributed by atoms with E-state index in [1.807, 2.05) is 0 Å². The van der Waals surface area contributed by atoms with E-state index in [-0.39, 0.29) is 16.8 Å². The summed E-state index contributed by atoms with van der Waals surface area (Å²) in [7, 11) is 0. The van der Waals surface area contributed by atoms with Crippen LogP contribution in [0.5, 0.6) is 0 Å². The van der Waals surface area contributed by atoms with Crippen molar-refractivity contribution in [1.82, 2.24) is 4.57 Å². The van der Waals surface area contributed by atoms with Gasteiger partial charge in [0.1, 0.15) is 23.4 Å². The largest absolute Gasteiger partial charge is 0.463 e. The SMILES string of the molecule is CC(=O)OCC1OC(n2c3c(cc(C#N)c2=S)CCCCC3)C(OC(C)=O)C(OC(C)=O)C1OC(C)=O. The van der Waals surface area contributed by atoms with Crippen LogP contribution in [0.1, 0.15) is 70.0 Å². The van der Waals surface area contributed by atoms with Crippen LogP contribution in [-0.2, 0) is 55.7 Å². The molecule has 0 aromatic carbocycles. The highest BCUT2D eigenvalue weighted by Gasteiger charge is 2.53. The van der Waals surface area contributed by atoms with Crippen molar-refractivity contribution in [2.75, 3.05) is 6.61 Å². The Morgan fingerprint density at radius 2 is 1.54 bits per heavy atom. The Bertz CT molecular complexity index is 1170. The Hall–Kier alpha value is -3.30. The molecule has 0 saturated carbocycles. The highest BCUT2D eigenvalue weighted by atomic mass is 32.1. The second kappa shape index (κ2) is 12.3. The Balaban J connectivity index is 2.25. The summed E-state index contributed by atoms with van der Waals surface area (Å²) >= 11 is 5.68. The van der Waals surface area contributed by atoms with Gasteiger partial charge >= 0.3 is 23.9 Å². The molecule has 11 nitrogen and oxygen atoms in total. The molecule has 1 saturated heterocycles. The molecule has 0 N–H and O–H groups in total. The molecule has 5 atom stereocenters. The van der Waals surface area contributed by atoms with Crippen molar-refractivity contribution in [3.63, 3.8) is 0 Å². The van der Waals surface area contributed by atoms with Gasteiger partial charge in [-0.05, 0) is 37.3 Å². The molecule has 1 aliphatic carbocycles. The number of ether oxygens (including phenoxy) is 5. The Kier molecular flexibility index (Phi) is 9.39. The fourth-order valence-electron chi connectivity index (χ4n) is 4.77. The average molecular weight is 535 g/mol. The maximum atomic E-state index is 12.2. The lowest BCUT2D eigenvalue weighted by Crippen LogP contribution is -2.60. The first-order valence-corrected chi connectivity index (χ1v) is 12.4. The summed E-state index contributed by atoms with van der Waals surface area (Å²) in [4.78, 5) is 47.9. The fraction of sp³-hybridized carbons (Fsp3) is 0.600. The van der Waals surface area contributed by atoms with Crippen LogP contribution in [0.4, 0.5) is 0 Å². The van der Waals surface area contributed by atoms with Gasteiger partial charge in [-0.1, -0.05) is 18.6 Å². The second-order valence-electron chi connectivity index (χ2n) is 8.97.